The molecular formula is C11H14Cl2N2O2. The Morgan fingerprint density at radius 1 is 1.35 bits per heavy atom. The highest BCUT2D eigenvalue weighted by atomic mass is 35.5. The standard InChI is InChI=1S/C11H14Cl2N2O2/c1-11(2,3)4-9(16)14-10-7(12)5-15(17)6-8(10)13/h5-6H,4H2,1-3H3,(H,14,16). The molecule has 1 aromatic rings. The van der Waals surface area contributed by atoms with Crippen molar-refractivity contribution >= 4 is 34.8 Å². The summed E-state index contributed by atoms with van der Waals surface area (Å²) in [5, 5.41) is 13.9. The van der Waals surface area contributed by atoms with Crippen LogP contribution >= 0.6 is 23.2 Å². The highest BCUT2D eigenvalue weighted by Crippen LogP contribution is 2.29. The van der Waals surface area contributed by atoms with Gasteiger partial charge < -0.3 is 10.5 Å². The summed E-state index contributed by atoms with van der Waals surface area (Å²) >= 11 is 11.7. The summed E-state index contributed by atoms with van der Waals surface area (Å²) in [6.45, 7) is 5.85. The number of rotatable bonds is 2. The van der Waals surface area contributed by atoms with Crippen molar-refractivity contribution in [3.8, 4) is 0 Å². The average Bonchev–Trinajstić information content (AvgIpc) is 2.08. The van der Waals surface area contributed by atoms with E-state index in [0.29, 0.717) is 11.2 Å². The Kier molecular flexibility index (Phi) is 4.22. The highest BCUT2D eigenvalue weighted by Gasteiger charge is 2.19. The Morgan fingerprint density at radius 2 is 1.82 bits per heavy atom. The zero-order chi connectivity index (χ0) is 13.2. The molecule has 0 aliphatic carbocycles. The highest BCUT2D eigenvalue weighted by molar-refractivity contribution is 6.39. The van der Waals surface area contributed by atoms with Crippen LogP contribution in [0.5, 0.6) is 0 Å². The van der Waals surface area contributed by atoms with Gasteiger partial charge >= 0.3 is 0 Å². The maximum atomic E-state index is 11.7. The van der Waals surface area contributed by atoms with E-state index < -0.39 is 0 Å². The van der Waals surface area contributed by atoms with Crippen LogP contribution in [-0.4, -0.2) is 5.91 Å². The summed E-state index contributed by atoms with van der Waals surface area (Å²) in [5.41, 5.74) is 0.144. The lowest BCUT2D eigenvalue weighted by molar-refractivity contribution is -0.605. The molecule has 1 amide bonds. The van der Waals surface area contributed by atoms with Gasteiger partial charge in [-0.15, -0.1) is 0 Å². The average molecular weight is 277 g/mol. The van der Waals surface area contributed by atoms with E-state index in [1.165, 1.54) is 0 Å². The fourth-order valence-corrected chi connectivity index (χ4v) is 1.83. The van der Waals surface area contributed by atoms with Gasteiger partial charge in [0.15, 0.2) is 0 Å². The molecule has 0 radical (unpaired) electrons. The molecule has 94 valence electrons. The Labute approximate surface area is 110 Å². The molecule has 1 heterocycles. The Bertz CT molecular complexity index is 419. The van der Waals surface area contributed by atoms with Crippen molar-refractivity contribution in [3.05, 3.63) is 27.6 Å². The summed E-state index contributed by atoms with van der Waals surface area (Å²) in [4.78, 5) is 11.7. The number of nitrogens with zero attached hydrogens (tertiary/aromatic N) is 1. The first kappa shape index (κ1) is 14.1. The Morgan fingerprint density at radius 3 is 2.24 bits per heavy atom. The van der Waals surface area contributed by atoms with E-state index in [9.17, 15) is 10.0 Å². The van der Waals surface area contributed by atoms with E-state index >= 15 is 0 Å². The van der Waals surface area contributed by atoms with Gasteiger partial charge in [0.2, 0.25) is 18.3 Å². The van der Waals surface area contributed by atoms with Gasteiger partial charge in [0.1, 0.15) is 10.0 Å². The van der Waals surface area contributed by atoms with Crippen LogP contribution in [0.25, 0.3) is 0 Å². The minimum atomic E-state index is -0.190. The maximum absolute atomic E-state index is 11.7. The van der Waals surface area contributed by atoms with Crippen molar-refractivity contribution < 1.29 is 9.52 Å². The Hall–Kier alpha value is -1.00. The van der Waals surface area contributed by atoms with Crippen LogP contribution in [-0.2, 0) is 4.79 Å². The number of carbonyl (C=O) groups is 1. The molecular weight excluding hydrogens is 263 g/mol. The van der Waals surface area contributed by atoms with Crippen molar-refractivity contribution in [2.45, 2.75) is 27.2 Å². The van der Waals surface area contributed by atoms with Gasteiger partial charge in [-0.3, -0.25) is 4.79 Å². The SMILES string of the molecule is CC(C)(C)CC(=O)Nc1c(Cl)c[n+]([O-])cc1Cl. The summed E-state index contributed by atoms with van der Waals surface area (Å²) in [6, 6.07) is 0. The molecule has 0 atom stereocenters. The van der Waals surface area contributed by atoms with Gasteiger partial charge in [0.25, 0.3) is 0 Å². The maximum Gasteiger partial charge on any atom is 0.224 e. The van der Waals surface area contributed by atoms with Crippen LogP contribution in [0.1, 0.15) is 27.2 Å². The second kappa shape index (κ2) is 5.10. The minimum absolute atomic E-state index is 0.120. The largest absolute Gasteiger partial charge is 0.619 e. The molecule has 4 nitrogen and oxygen atoms in total. The zero-order valence-corrected chi connectivity index (χ0v) is 11.4. The van der Waals surface area contributed by atoms with Crippen molar-refractivity contribution in [1.29, 1.82) is 0 Å². The number of aromatic nitrogens is 1. The smallest absolute Gasteiger partial charge is 0.224 e. The summed E-state index contributed by atoms with van der Waals surface area (Å²) in [6.07, 6.45) is 2.62. The molecule has 0 fully saturated rings. The third-order valence-corrected chi connectivity index (χ3v) is 2.49. The topological polar surface area (TPSA) is 56.0 Å². The zero-order valence-electron chi connectivity index (χ0n) is 9.88. The number of hydrogen-bond acceptors (Lipinski definition) is 2. The van der Waals surface area contributed by atoms with Gasteiger partial charge in [0.05, 0.1) is 5.69 Å². The van der Waals surface area contributed by atoms with Crippen molar-refractivity contribution in [3.63, 3.8) is 0 Å². The van der Waals surface area contributed by atoms with Crippen molar-refractivity contribution in [1.82, 2.24) is 0 Å². The van der Waals surface area contributed by atoms with Crippen LogP contribution < -0.4 is 10.0 Å². The normalized spacial score (nSPS) is 11.4. The molecule has 1 aromatic heterocycles. The number of pyridine rings is 1. The number of carbonyl (C=O) groups excluding carboxylic acids is 1. The first-order valence-corrected chi connectivity index (χ1v) is 5.82. The van der Waals surface area contributed by atoms with E-state index in [2.05, 4.69) is 5.32 Å². The number of halogens is 2. The van der Waals surface area contributed by atoms with Gasteiger partial charge in [0, 0.05) is 6.42 Å². The van der Waals surface area contributed by atoms with Gasteiger partial charge in [-0.05, 0) is 5.41 Å². The molecule has 0 aliphatic heterocycles. The van der Waals surface area contributed by atoms with E-state index in [1.807, 2.05) is 20.8 Å². The number of amides is 1. The molecule has 0 aromatic carbocycles. The number of nitrogens with one attached hydrogen (secondary N) is 1. The predicted octanol–water partition coefficient (Wildman–Crippen LogP) is 3.00. The summed E-state index contributed by atoms with van der Waals surface area (Å²) in [5.74, 6) is -0.190. The van der Waals surface area contributed by atoms with Crippen LogP contribution in [0.15, 0.2) is 12.4 Å². The van der Waals surface area contributed by atoms with E-state index in [-0.39, 0.29) is 27.1 Å². The predicted molar refractivity (Wildman–Crippen MR) is 68.1 cm³/mol. The van der Waals surface area contributed by atoms with Crippen LogP contribution in [0.2, 0.25) is 10.0 Å². The quantitative estimate of drug-likeness (QED) is 0.667. The van der Waals surface area contributed by atoms with E-state index in [4.69, 9.17) is 23.2 Å². The fraction of sp³-hybridized carbons (Fsp3) is 0.455. The third kappa shape index (κ3) is 4.40. The van der Waals surface area contributed by atoms with Crippen molar-refractivity contribution in [2.24, 2.45) is 5.41 Å². The lowest BCUT2D eigenvalue weighted by atomic mass is 9.92. The lowest BCUT2D eigenvalue weighted by Gasteiger charge is -2.17. The second-order valence-electron chi connectivity index (χ2n) is 4.97. The van der Waals surface area contributed by atoms with Crippen molar-refractivity contribution in [2.75, 3.05) is 5.32 Å². The molecule has 0 saturated heterocycles. The van der Waals surface area contributed by atoms with Crippen LogP contribution in [0, 0.1) is 10.6 Å². The Balaban J connectivity index is 2.86. The van der Waals surface area contributed by atoms with Crippen LogP contribution in [0.3, 0.4) is 0 Å². The number of hydrogen-bond donors (Lipinski definition) is 1. The molecule has 0 unspecified atom stereocenters. The van der Waals surface area contributed by atoms with E-state index in [0.717, 1.165) is 12.4 Å². The molecule has 0 aliphatic rings. The van der Waals surface area contributed by atoms with Gasteiger partial charge in [-0.25, -0.2) is 0 Å². The molecule has 0 spiro atoms. The van der Waals surface area contributed by atoms with Gasteiger partial charge in [-0.2, -0.15) is 4.73 Å². The molecule has 0 saturated carbocycles. The molecule has 1 N–H and O–H groups in total. The molecule has 0 bridgehead atoms. The number of anilines is 1. The fourth-order valence-electron chi connectivity index (χ4n) is 1.29. The minimum Gasteiger partial charge on any atom is -0.619 e. The molecule has 17 heavy (non-hydrogen) atoms. The first-order valence-electron chi connectivity index (χ1n) is 5.07. The summed E-state index contributed by atoms with van der Waals surface area (Å²) in [7, 11) is 0. The first-order chi connectivity index (χ1) is 7.69. The molecule has 6 heteroatoms. The van der Waals surface area contributed by atoms with E-state index in [1.54, 1.807) is 0 Å². The second-order valence-corrected chi connectivity index (χ2v) is 5.79. The third-order valence-electron chi connectivity index (χ3n) is 1.91. The lowest BCUT2D eigenvalue weighted by Crippen LogP contribution is -2.26. The monoisotopic (exact) mass is 276 g/mol. The van der Waals surface area contributed by atoms with Gasteiger partial charge in [-0.1, -0.05) is 44.0 Å². The van der Waals surface area contributed by atoms with Crippen LogP contribution in [0.4, 0.5) is 5.69 Å². The molecule has 1 rings (SSSR count). The summed E-state index contributed by atoms with van der Waals surface area (Å²) < 4.78 is 0.490.